The molecule has 0 N–H and O–H groups in total. The Balaban J connectivity index is 2.89. The van der Waals surface area contributed by atoms with Crippen molar-refractivity contribution in [1.82, 2.24) is 15.0 Å². The Labute approximate surface area is 108 Å². The van der Waals surface area contributed by atoms with Crippen LogP contribution in [0.4, 0.5) is 11.9 Å². The van der Waals surface area contributed by atoms with Crippen molar-refractivity contribution >= 4 is 23.5 Å². The topological polar surface area (TPSA) is 45.2 Å². The summed E-state index contributed by atoms with van der Waals surface area (Å²) in [5, 5.41) is 0.231. The Bertz CT molecular complexity index is 369. The molecule has 1 aromatic heterocycles. The number of nitrogens with zero attached hydrogens (tertiary/aromatic N) is 5. The predicted molar refractivity (Wildman–Crippen MR) is 71.9 cm³/mol. The Morgan fingerprint density at radius 2 is 1.71 bits per heavy atom. The van der Waals surface area contributed by atoms with E-state index in [1.807, 2.05) is 30.9 Å². The molecule has 6 heteroatoms. The monoisotopic (exact) mass is 257 g/mol. The van der Waals surface area contributed by atoms with E-state index >= 15 is 0 Å². The summed E-state index contributed by atoms with van der Waals surface area (Å²) in [5.74, 6) is 1.79. The van der Waals surface area contributed by atoms with Gasteiger partial charge in [-0.15, -0.1) is 0 Å². The van der Waals surface area contributed by atoms with Crippen molar-refractivity contribution in [1.29, 1.82) is 0 Å². The normalized spacial score (nSPS) is 12.4. The van der Waals surface area contributed by atoms with Crippen LogP contribution in [-0.4, -0.2) is 42.6 Å². The number of halogens is 1. The lowest BCUT2D eigenvalue weighted by molar-refractivity contribution is 0.554. The molecule has 0 aliphatic carbocycles. The maximum Gasteiger partial charge on any atom is 0.231 e. The number of hydrogen-bond donors (Lipinski definition) is 0. The summed E-state index contributed by atoms with van der Waals surface area (Å²) in [4.78, 5) is 16.4. The Morgan fingerprint density at radius 1 is 1.12 bits per heavy atom. The lowest BCUT2D eigenvalue weighted by Gasteiger charge is -2.21. The molecule has 1 unspecified atom stereocenters. The third-order valence-electron chi connectivity index (χ3n) is 2.61. The molecule has 1 atom stereocenters. The molecule has 96 valence electrons. The molecular formula is C11H20ClN5. The highest BCUT2D eigenvalue weighted by Crippen LogP contribution is 2.15. The van der Waals surface area contributed by atoms with Crippen molar-refractivity contribution in [3.63, 3.8) is 0 Å². The first-order chi connectivity index (χ1) is 7.93. The fourth-order valence-electron chi connectivity index (χ4n) is 1.38. The number of aromatic nitrogens is 3. The second-order valence-corrected chi connectivity index (χ2v) is 4.83. The van der Waals surface area contributed by atoms with Crippen molar-refractivity contribution in [3.05, 3.63) is 5.28 Å². The molecule has 0 aromatic carbocycles. The van der Waals surface area contributed by atoms with E-state index < -0.39 is 0 Å². The summed E-state index contributed by atoms with van der Waals surface area (Å²) >= 11 is 5.89. The molecule has 5 nitrogen and oxygen atoms in total. The molecule has 1 heterocycles. The SMILES string of the molecule is CCC(C)CN(C)c1nc(Cl)nc(N(C)C)n1. The summed E-state index contributed by atoms with van der Waals surface area (Å²) in [6, 6.07) is 0. The van der Waals surface area contributed by atoms with Gasteiger partial charge in [-0.3, -0.25) is 0 Å². The van der Waals surface area contributed by atoms with Gasteiger partial charge in [0, 0.05) is 27.7 Å². The number of anilines is 2. The summed E-state index contributed by atoms with van der Waals surface area (Å²) in [7, 11) is 5.73. The molecule has 1 aromatic rings. The maximum atomic E-state index is 5.89. The molecule has 0 spiro atoms. The van der Waals surface area contributed by atoms with Crippen molar-refractivity contribution in [2.45, 2.75) is 20.3 Å². The molecule has 0 aliphatic heterocycles. The van der Waals surface area contributed by atoms with Gasteiger partial charge in [0.05, 0.1) is 0 Å². The molecule has 0 aliphatic rings. The lowest BCUT2D eigenvalue weighted by atomic mass is 10.1. The van der Waals surface area contributed by atoms with E-state index in [1.54, 1.807) is 0 Å². The Morgan fingerprint density at radius 3 is 2.24 bits per heavy atom. The predicted octanol–water partition coefficient (Wildman–Crippen LogP) is 2.07. The van der Waals surface area contributed by atoms with Crippen LogP contribution >= 0.6 is 11.6 Å². The van der Waals surface area contributed by atoms with Crippen molar-refractivity contribution in [2.75, 3.05) is 37.5 Å². The van der Waals surface area contributed by atoms with Gasteiger partial charge in [-0.05, 0) is 17.5 Å². The smallest absolute Gasteiger partial charge is 0.231 e. The molecular weight excluding hydrogens is 238 g/mol. The highest BCUT2D eigenvalue weighted by Gasteiger charge is 2.12. The van der Waals surface area contributed by atoms with Gasteiger partial charge in [-0.2, -0.15) is 15.0 Å². The van der Waals surface area contributed by atoms with Crippen molar-refractivity contribution in [2.24, 2.45) is 5.92 Å². The largest absolute Gasteiger partial charge is 0.347 e. The minimum absolute atomic E-state index is 0.231. The van der Waals surface area contributed by atoms with Gasteiger partial charge < -0.3 is 9.80 Å². The van der Waals surface area contributed by atoms with E-state index in [2.05, 4.69) is 28.8 Å². The van der Waals surface area contributed by atoms with Crippen LogP contribution in [0, 0.1) is 5.92 Å². The van der Waals surface area contributed by atoms with Gasteiger partial charge in [0.15, 0.2) is 0 Å². The van der Waals surface area contributed by atoms with E-state index in [-0.39, 0.29) is 5.28 Å². The van der Waals surface area contributed by atoms with Gasteiger partial charge in [0.25, 0.3) is 0 Å². The summed E-state index contributed by atoms with van der Waals surface area (Å²) in [6.45, 7) is 5.28. The highest BCUT2D eigenvalue weighted by molar-refractivity contribution is 6.28. The fraction of sp³-hybridized carbons (Fsp3) is 0.727. The van der Waals surface area contributed by atoms with Gasteiger partial charge in [0.1, 0.15) is 0 Å². The van der Waals surface area contributed by atoms with Gasteiger partial charge in [-0.1, -0.05) is 20.3 Å². The zero-order valence-corrected chi connectivity index (χ0v) is 11.9. The minimum atomic E-state index is 0.231. The number of hydrogen-bond acceptors (Lipinski definition) is 5. The molecule has 0 bridgehead atoms. The van der Waals surface area contributed by atoms with Crippen LogP contribution in [0.15, 0.2) is 0 Å². The molecule has 0 saturated heterocycles. The first kappa shape index (κ1) is 14.0. The van der Waals surface area contributed by atoms with Crippen molar-refractivity contribution < 1.29 is 0 Å². The van der Waals surface area contributed by atoms with Crippen molar-refractivity contribution in [3.8, 4) is 0 Å². The van der Waals surface area contributed by atoms with E-state index in [0.717, 1.165) is 13.0 Å². The Kier molecular flexibility index (Phi) is 4.93. The van der Waals surface area contributed by atoms with Crippen LogP contribution in [0.5, 0.6) is 0 Å². The molecule has 0 amide bonds. The van der Waals surface area contributed by atoms with Gasteiger partial charge in [-0.25, -0.2) is 0 Å². The third-order valence-corrected chi connectivity index (χ3v) is 2.78. The average molecular weight is 258 g/mol. The lowest BCUT2D eigenvalue weighted by Crippen LogP contribution is -2.26. The van der Waals surface area contributed by atoms with Crippen LogP contribution in [-0.2, 0) is 0 Å². The fourth-order valence-corrected chi connectivity index (χ4v) is 1.53. The first-order valence-electron chi connectivity index (χ1n) is 5.74. The van der Waals surface area contributed by atoms with E-state index in [4.69, 9.17) is 11.6 Å². The average Bonchev–Trinajstić information content (AvgIpc) is 2.27. The van der Waals surface area contributed by atoms with E-state index in [0.29, 0.717) is 17.8 Å². The number of rotatable bonds is 5. The molecule has 1 rings (SSSR count). The molecule has 0 fully saturated rings. The van der Waals surface area contributed by atoms with Crippen LogP contribution < -0.4 is 9.80 Å². The molecule has 17 heavy (non-hydrogen) atoms. The minimum Gasteiger partial charge on any atom is -0.347 e. The second kappa shape index (κ2) is 6.00. The van der Waals surface area contributed by atoms with Crippen LogP contribution in [0.2, 0.25) is 5.28 Å². The van der Waals surface area contributed by atoms with Crippen LogP contribution in [0.25, 0.3) is 0 Å². The van der Waals surface area contributed by atoms with E-state index in [9.17, 15) is 0 Å². The molecule has 0 saturated carbocycles. The van der Waals surface area contributed by atoms with Gasteiger partial charge >= 0.3 is 0 Å². The Hall–Kier alpha value is -1.10. The van der Waals surface area contributed by atoms with E-state index in [1.165, 1.54) is 0 Å². The zero-order valence-electron chi connectivity index (χ0n) is 11.1. The summed E-state index contributed by atoms with van der Waals surface area (Å²) < 4.78 is 0. The van der Waals surface area contributed by atoms with Crippen LogP contribution in [0.1, 0.15) is 20.3 Å². The quantitative estimate of drug-likeness (QED) is 0.808. The standard InChI is InChI=1S/C11H20ClN5/c1-6-8(2)7-17(5)11-14-9(12)13-10(15-11)16(3)4/h8H,6-7H2,1-5H3. The third kappa shape index (κ3) is 4.00. The molecule has 0 radical (unpaired) electrons. The summed E-state index contributed by atoms with van der Waals surface area (Å²) in [6.07, 6.45) is 1.13. The second-order valence-electron chi connectivity index (χ2n) is 4.49. The summed E-state index contributed by atoms with van der Waals surface area (Å²) in [5.41, 5.74) is 0. The highest BCUT2D eigenvalue weighted by atomic mass is 35.5. The van der Waals surface area contributed by atoms with Crippen LogP contribution in [0.3, 0.4) is 0 Å². The maximum absolute atomic E-state index is 5.89. The first-order valence-corrected chi connectivity index (χ1v) is 6.11. The zero-order chi connectivity index (χ0) is 13.0. The van der Waals surface area contributed by atoms with Gasteiger partial charge in [0.2, 0.25) is 17.2 Å².